The molecule has 0 aliphatic carbocycles. The highest BCUT2D eigenvalue weighted by Gasteiger charge is 2.12. The fourth-order valence-electron chi connectivity index (χ4n) is 1.46. The van der Waals surface area contributed by atoms with Crippen LogP contribution >= 0.6 is 0 Å². The average Bonchev–Trinajstić information content (AvgIpc) is 2.35. The number of likely N-dealkylation sites (N-methyl/N-ethyl adjacent to an activating group) is 1. The SMILES string of the molecule is CC(N)C(=O)NCC(C)N(C)c1ccccc1. The molecule has 94 valence electrons. The van der Waals surface area contributed by atoms with Crippen LogP contribution in [0.5, 0.6) is 0 Å². The Bertz CT molecular complexity index is 351. The van der Waals surface area contributed by atoms with Crippen LogP contribution in [0.15, 0.2) is 30.3 Å². The standard InChI is InChI=1S/C13H21N3O/c1-10(9-15-13(17)11(2)14)16(3)12-7-5-4-6-8-12/h4-8,10-11H,9,14H2,1-3H3,(H,15,17). The van der Waals surface area contributed by atoms with E-state index in [1.807, 2.05) is 37.4 Å². The lowest BCUT2D eigenvalue weighted by Gasteiger charge is -2.27. The highest BCUT2D eigenvalue weighted by molar-refractivity contribution is 5.81. The van der Waals surface area contributed by atoms with Crippen LogP contribution < -0.4 is 16.0 Å². The maximum absolute atomic E-state index is 11.4. The Morgan fingerprint density at radius 1 is 1.35 bits per heavy atom. The third-order valence-electron chi connectivity index (χ3n) is 2.81. The minimum atomic E-state index is -0.454. The molecular formula is C13H21N3O. The summed E-state index contributed by atoms with van der Waals surface area (Å²) in [5.74, 6) is -0.113. The number of nitrogens with one attached hydrogen (secondary N) is 1. The molecule has 0 aromatic heterocycles. The van der Waals surface area contributed by atoms with Gasteiger partial charge in [0, 0.05) is 25.3 Å². The van der Waals surface area contributed by atoms with Gasteiger partial charge in [0.1, 0.15) is 0 Å². The molecule has 0 bridgehead atoms. The van der Waals surface area contributed by atoms with Gasteiger partial charge in [-0.1, -0.05) is 18.2 Å². The van der Waals surface area contributed by atoms with Crippen LogP contribution in [0.25, 0.3) is 0 Å². The number of nitrogens with zero attached hydrogens (tertiary/aromatic N) is 1. The van der Waals surface area contributed by atoms with Crippen molar-refractivity contribution in [1.29, 1.82) is 0 Å². The average molecular weight is 235 g/mol. The summed E-state index contributed by atoms with van der Waals surface area (Å²) in [4.78, 5) is 13.5. The van der Waals surface area contributed by atoms with E-state index in [-0.39, 0.29) is 11.9 Å². The highest BCUT2D eigenvalue weighted by atomic mass is 16.2. The van der Waals surface area contributed by atoms with Crippen molar-refractivity contribution in [3.63, 3.8) is 0 Å². The number of carbonyl (C=O) groups excluding carboxylic acids is 1. The molecule has 0 saturated heterocycles. The van der Waals surface area contributed by atoms with Gasteiger partial charge in [0.05, 0.1) is 6.04 Å². The van der Waals surface area contributed by atoms with Crippen molar-refractivity contribution < 1.29 is 4.79 Å². The lowest BCUT2D eigenvalue weighted by molar-refractivity contribution is -0.122. The maximum atomic E-state index is 11.4. The van der Waals surface area contributed by atoms with E-state index < -0.39 is 6.04 Å². The molecule has 17 heavy (non-hydrogen) atoms. The van der Waals surface area contributed by atoms with E-state index in [4.69, 9.17) is 5.73 Å². The van der Waals surface area contributed by atoms with Crippen LogP contribution in [0.2, 0.25) is 0 Å². The summed E-state index contributed by atoms with van der Waals surface area (Å²) in [6, 6.07) is 9.84. The van der Waals surface area contributed by atoms with Crippen molar-refractivity contribution in [2.24, 2.45) is 5.73 Å². The summed E-state index contributed by atoms with van der Waals surface area (Å²) in [5.41, 5.74) is 6.62. The van der Waals surface area contributed by atoms with Gasteiger partial charge in [0.15, 0.2) is 0 Å². The Hall–Kier alpha value is -1.55. The van der Waals surface area contributed by atoms with E-state index in [1.54, 1.807) is 6.92 Å². The van der Waals surface area contributed by atoms with E-state index in [0.717, 1.165) is 5.69 Å². The maximum Gasteiger partial charge on any atom is 0.236 e. The first-order valence-electron chi connectivity index (χ1n) is 5.83. The zero-order valence-corrected chi connectivity index (χ0v) is 10.7. The Kier molecular flexibility index (Phi) is 4.97. The molecule has 0 aliphatic heterocycles. The lowest BCUT2D eigenvalue weighted by atomic mass is 10.2. The highest BCUT2D eigenvalue weighted by Crippen LogP contribution is 2.13. The molecule has 0 radical (unpaired) electrons. The molecule has 3 N–H and O–H groups in total. The molecule has 2 unspecified atom stereocenters. The quantitative estimate of drug-likeness (QED) is 0.799. The van der Waals surface area contributed by atoms with Crippen molar-refractivity contribution in [3.8, 4) is 0 Å². The summed E-state index contributed by atoms with van der Waals surface area (Å²) in [5, 5.41) is 2.83. The van der Waals surface area contributed by atoms with Gasteiger partial charge in [-0.2, -0.15) is 0 Å². The molecule has 1 aromatic carbocycles. The Morgan fingerprint density at radius 2 is 1.94 bits per heavy atom. The first kappa shape index (κ1) is 13.5. The Labute approximate surface area is 103 Å². The van der Waals surface area contributed by atoms with Crippen LogP contribution in [-0.2, 0) is 4.79 Å². The topological polar surface area (TPSA) is 58.4 Å². The Morgan fingerprint density at radius 3 is 2.47 bits per heavy atom. The molecule has 1 aromatic rings. The second kappa shape index (κ2) is 6.25. The van der Waals surface area contributed by atoms with Gasteiger partial charge in [-0.25, -0.2) is 0 Å². The monoisotopic (exact) mass is 235 g/mol. The Balaban J connectivity index is 2.48. The van der Waals surface area contributed by atoms with Gasteiger partial charge in [0.2, 0.25) is 5.91 Å². The van der Waals surface area contributed by atoms with Crippen LogP contribution in [0.3, 0.4) is 0 Å². The van der Waals surface area contributed by atoms with Crippen LogP contribution in [-0.4, -0.2) is 31.6 Å². The fraction of sp³-hybridized carbons (Fsp3) is 0.462. The minimum Gasteiger partial charge on any atom is -0.370 e. The fourth-order valence-corrected chi connectivity index (χ4v) is 1.46. The third kappa shape index (κ3) is 4.07. The molecule has 1 rings (SSSR count). The van der Waals surface area contributed by atoms with Crippen molar-refractivity contribution in [2.45, 2.75) is 25.9 Å². The van der Waals surface area contributed by atoms with E-state index >= 15 is 0 Å². The van der Waals surface area contributed by atoms with Gasteiger partial charge in [-0.3, -0.25) is 4.79 Å². The normalized spacial score (nSPS) is 13.9. The summed E-state index contributed by atoms with van der Waals surface area (Å²) < 4.78 is 0. The predicted octanol–water partition coefficient (Wildman–Crippen LogP) is 0.975. The number of hydrogen-bond donors (Lipinski definition) is 2. The first-order chi connectivity index (χ1) is 8.02. The van der Waals surface area contributed by atoms with E-state index in [1.165, 1.54) is 0 Å². The van der Waals surface area contributed by atoms with Gasteiger partial charge >= 0.3 is 0 Å². The number of hydrogen-bond acceptors (Lipinski definition) is 3. The largest absolute Gasteiger partial charge is 0.370 e. The lowest BCUT2D eigenvalue weighted by Crippen LogP contribution is -2.45. The van der Waals surface area contributed by atoms with E-state index in [2.05, 4.69) is 17.1 Å². The number of para-hydroxylation sites is 1. The summed E-state index contributed by atoms with van der Waals surface area (Å²) in [6.45, 7) is 4.33. The number of nitrogens with two attached hydrogens (primary N) is 1. The second-order valence-electron chi connectivity index (χ2n) is 4.33. The smallest absolute Gasteiger partial charge is 0.236 e. The minimum absolute atomic E-state index is 0.113. The molecule has 0 heterocycles. The number of rotatable bonds is 5. The molecule has 4 heteroatoms. The molecule has 1 amide bonds. The van der Waals surface area contributed by atoms with Gasteiger partial charge in [-0.15, -0.1) is 0 Å². The molecule has 0 saturated carbocycles. The second-order valence-corrected chi connectivity index (χ2v) is 4.33. The van der Waals surface area contributed by atoms with E-state index in [9.17, 15) is 4.79 Å². The van der Waals surface area contributed by atoms with Gasteiger partial charge in [-0.05, 0) is 26.0 Å². The molecule has 0 fully saturated rings. The third-order valence-corrected chi connectivity index (χ3v) is 2.81. The molecule has 4 nitrogen and oxygen atoms in total. The van der Waals surface area contributed by atoms with Crippen molar-refractivity contribution in [2.75, 3.05) is 18.5 Å². The summed E-state index contributed by atoms with van der Waals surface area (Å²) >= 11 is 0. The molecule has 2 atom stereocenters. The number of amides is 1. The van der Waals surface area contributed by atoms with Crippen LogP contribution in [0.4, 0.5) is 5.69 Å². The van der Waals surface area contributed by atoms with Crippen molar-refractivity contribution in [1.82, 2.24) is 5.32 Å². The van der Waals surface area contributed by atoms with Crippen LogP contribution in [0, 0.1) is 0 Å². The van der Waals surface area contributed by atoms with Crippen molar-refractivity contribution >= 4 is 11.6 Å². The number of benzene rings is 1. The molecule has 0 spiro atoms. The predicted molar refractivity (Wildman–Crippen MR) is 71.0 cm³/mol. The van der Waals surface area contributed by atoms with Gasteiger partial charge in [0.25, 0.3) is 0 Å². The molecule has 0 aliphatic rings. The van der Waals surface area contributed by atoms with Crippen LogP contribution in [0.1, 0.15) is 13.8 Å². The molecular weight excluding hydrogens is 214 g/mol. The first-order valence-corrected chi connectivity index (χ1v) is 5.83. The van der Waals surface area contributed by atoms with E-state index in [0.29, 0.717) is 6.54 Å². The zero-order chi connectivity index (χ0) is 12.8. The zero-order valence-electron chi connectivity index (χ0n) is 10.7. The summed E-state index contributed by atoms with van der Waals surface area (Å²) in [7, 11) is 2.01. The van der Waals surface area contributed by atoms with Gasteiger partial charge < -0.3 is 16.0 Å². The summed E-state index contributed by atoms with van der Waals surface area (Å²) in [6.07, 6.45) is 0. The van der Waals surface area contributed by atoms with Crippen molar-refractivity contribution in [3.05, 3.63) is 30.3 Å². The number of anilines is 1. The number of carbonyl (C=O) groups is 1.